The van der Waals surface area contributed by atoms with Crippen molar-refractivity contribution in [3.8, 4) is 0 Å². The summed E-state index contributed by atoms with van der Waals surface area (Å²) in [5.74, 6) is 0.0247. The van der Waals surface area contributed by atoms with Crippen molar-refractivity contribution in [3.05, 3.63) is 33.2 Å². The van der Waals surface area contributed by atoms with E-state index in [1.54, 1.807) is 16.7 Å². The zero-order valence-corrected chi connectivity index (χ0v) is 15.5. The van der Waals surface area contributed by atoms with Gasteiger partial charge in [-0.1, -0.05) is 60.7 Å². The molecule has 2 aliphatic rings. The molecular weight excluding hydrogens is 356 g/mol. The quantitative estimate of drug-likeness (QED) is 0.566. The second-order valence-electron chi connectivity index (χ2n) is 5.09. The topological polar surface area (TPSA) is 23.6 Å². The summed E-state index contributed by atoms with van der Waals surface area (Å²) in [6.07, 6.45) is 2.01. The lowest BCUT2D eigenvalue weighted by Gasteiger charge is -2.16. The summed E-state index contributed by atoms with van der Waals surface area (Å²) >= 11 is 14.5. The number of nitrogens with zero attached hydrogens (tertiary/aromatic N) is 2. The van der Waals surface area contributed by atoms with Gasteiger partial charge in [0.2, 0.25) is 0 Å². The van der Waals surface area contributed by atoms with Crippen LogP contribution in [0.1, 0.15) is 19.8 Å². The molecule has 2 heterocycles. The number of carbonyl (C=O) groups excluding carboxylic acids is 1. The van der Waals surface area contributed by atoms with E-state index in [0.717, 1.165) is 33.4 Å². The number of rotatable bonds is 3. The fourth-order valence-electron chi connectivity index (χ4n) is 2.36. The minimum absolute atomic E-state index is 0.0247. The zero-order valence-electron chi connectivity index (χ0n) is 12.3. The van der Waals surface area contributed by atoms with E-state index in [4.69, 9.17) is 23.8 Å². The van der Waals surface area contributed by atoms with E-state index in [0.29, 0.717) is 15.9 Å². The molecule has 1 amide bonds. The third-order valence-corrected chi connectivity index (χ3v) is 6.61. The van der Waals surface area contributed by atoms with Crippen LogP contribution in [0.25, 0.3) is 0 Å². The number of halogens is 1. The molecular formula is C15H15ClN2OS3. The van der Waals surface area contributed by atoms with Gasteiger partial charge in [-0.15, -0.1) is 0 Å². The minimum Gasteiger partial charge on any atom is -0.337 e. The molecule has 22 heavy (non-hydrogen) atoms. The van der Waals surface area contributed by atoms with Crippen molar-refractivity contribution in [3.63, 3.8) is 0 Å². The average molecular weight is 371 g/mol. The minimum atomic E-state index is 0.0247. The SMILES string of the molecule is CCCCN1C(=O)/C(=C2\Sc3ccc(Cl)cc3N2C)SC1=S. The Morgan fingerprint density at radius 2 is 2.09 bits per heavy atom. The Bertz CT molecular complexity index is 689. The van der Waals surface area contributed by atoms with Crippen LogP contribution >= 0.6 is 47.3 Å². The standard InChI is InChI=1S/C15H15ClN2OS3/c1-3-4-7-18-13(19)12(22-15(18)20)14-17(2)10-8-9(16)5-6-11(10)21-14/h5-6,8H,3-4,7H2,1-2H3/b14-12+. The van der Waals surface area contributed by atoms with Crippen molar-refractivity contribution in [2.45, 2.75) is 24.7 Å². The lowest BCUT2D eigenvalue weighted by Crippen LogP contribution is -2.29. The maximum absolute atomic E-state index is 12.7. The Labute approximate surface area is 149 Å². The van der Waals surface area contributed by atoms with Crippen LogP contribution in [0.5, 0.6) is 0 Å². The van der Waals surface area contributed by atoms with Crippen LogP contribution in [0.3, 0.4) is 0 Å². The number of unbranched alkanes of at least 4 members (excludes halogenated alkanes) is 1. The molecule has 7 heteroatoms. The highest BCUT2D eigenvalue weighted by Gasteiger charge is 2.37. The fraction of sp³-hybridized carbons (Fsp3) is 0.333. The largest absolute Gasteiger partial charge is 0.337 e. The van der Waals surface area contributed by atoms with Crippen molar-refractivity contribution < 1.29 is 4.79 Å². The van der Waals surface area contributed by atoms with Crippen molar-refractivity contribution in [1.82, 2.24) is 4.90 Å². The van der Waals surface area contributed by atoms with Crippen LogP contribution in [0.4, 0.5) is 5.69 Å². The van der Waals surface area contributed by atoms with Crippen LogP contribution in [-0.2, 0) is 4.79 Å². The number of hydrogen-bond acceptors (Lipinski definition) is 5. The van der Waals surface area contributed by atoms with Gasteiger partial charge in [0.25, 0.3) is 5.91 Å². The van der Waals surface area contributed by atoms with Crippen LogP contribution in [0.2, 0.25) is 5.02 Å². The maximum Gasteiger partial charge on any atom is 0.268 e. The Hall–Kier alpha value is -0.690. The number of thioether (sulfide) groups is 2. The molecule has 0 saturated carbocycles. The summed E-state index contributed by atoms with van der Waals surface area (Å²) in [5, 5.41) is 1.64. The molecule has 0 radical (unpaired) electrons. The predicted octanol–water partition coefficient (Wildman–Crippen LogP) is 4.71. The number of amides is 1. The van der Waals surface area contributed by atoms with Crippen molar-refractivity contribution in [2.75, 3.05) is 18.5 Å². The highest BCUT2D eigenvalue weighted by Crippen LogP contribution is 2.50. The van der Waals surface area contributed by atoms with Crippen LogP contribution < -0.4 is 4.90 Å². The normalized spacial score (nSPS) is 21.0. The molecule has 1 aromatic rings. The molecule has 0 atom stereocenters. The van der Waals surface area contributed by atoms with Gasteiger partial charge in [-0.05, 0) is 24.6 Å². The Kier molecular flexibility index (Phi) is 4.73. The molecule has 3 nitrogen and oxygen atoms in total. The van der Waals surface area contributed by atoms with Gasteiger partial charge in [0, 0.05) is 23.5 Å². The summed E-state index contributed by atoms with van der Waals surface area (Å²) in [5.41, 5.74) is 1.03. The summed E-state index contributed by atoms with van der Waals surface area (Å²) in [4.78, 5) is 18.2. The van der Waals surface area contributed by atoms with E-state index < -0.39 is 0 Å². The molecule has 0 N–H and O–H groups in total. The van der Waals surface area contributed by atoms with Crippen molar-refractivity contribution in [2.24, 2.45) is 0 Å². The van der Waals surface area contributed by atoms with Crippen LogP contribution in [0, 0.1) is 0 Å². The molecule has 116 valence electrons. The Balaban J connectivity index is 1.92. The first-order chi connectivity index (χ1) is 10.5. The molecule has 0 aromatic heterocycles. The van der Waals surface area contributed by atoms with Crippen molar-refractivity contribution in [1.29, 1.82) is 0 Å². The van der Waals surface area contributed by atoms with E-state index in [2.05, 4.69) is 6.92 Å². The average Bonchev–Trinajstić information content (AvgIpc) is 2.95. The molecule has 2 aliphatic heterocycles. The van der Waals surface area contributed by atoms with E-state index in [-0.39, 0.29) is 5.91 Å². The molecule has 0 aliphatic carbocycles. The molecule has 0 unspecified atom stereocenters. The lowest BCUT2D eigenvalue weighted by atomic mass is 10.3. The van der Waals surface area contributed by atoms with E-state index in [9.17, 15) is 4.79 Å². The highest BCUT2D eigenvalue weighted by molar-refractivity contribution is 8.27. The number of thiocarbonyl (C=S) groups is 1. The number of fused-ring (bicyclic) bond motifs is 1. The molecule has 0 spiro atoms. The summed E-state index contributed by atoms with van der Waals surface area (Å²) in [6, 6.07) is 5.79. The van der Waals surface area contributed by atoms with Gasteiger partial charge < -0.3 is 4.90 Å². The second-order valence-corrected chi connectivity index (χ2v) is 8.20. The monoisotopic (exact) mass is 370 g/mol. The fourth-order valence-corrected chi connectivity index (χ4v) is 5.14. The van der Waals surface area contributed by atoms with Gasteiger partial charge >= 0.3 is 0 Å². The van der Waals surface area contributed by atoms with Crippen molar-refractivity contribution >= 4 is 63.3 Å². The number of carbonyl (C=O) groups is 1. The third-order valence-electron chi connectivity index (χ3n) is 3.57. The first-order valence-corrected chi connectivity index (χ1v) is 9.44. The first kappa shape index (κ1) is 16.2. The number of anilines is 1. The zero-order chi connectivity index (χ0) is 15.9. The molecule has 1 aromatic carbocycles. The van der Waals surface area contributed by atoms with Gasteiger partial charge in [0.15, 0.2) is 0 Å². The molecule has 1 fully saturated rings. The van der Waals surface area contributed by atoms with E-state index in [1.807, 2.05) is 30.1 Å². The lowest BCUT2D eigenvalue weighted by molar-refractivity contribution is -0.122. The maximum atomic E-state index is 12.7. The summed E-state index contributed by atoms with van der Waals surface area (Å²) in [6.45, 7) is 2.81. The molecule has 0 bridgehead atoms. The summed E-state index contributed by atoms with van der Waals surface area (Å²) < 4.78 is 0.656. The van der Waals surface area contributed by atoms with Gasteiger partial charge in [-0.25, -0.2) is 0 Å². The van der Waals surface area contributed by atoms with Crippen LogP contribution in [0.15, 0.2) is 33.0 Å². The summed E-state index contributed by atoms with van der Waals surface area (Å²) in [7, 11) is 1.96. The third kappa shape index (κ3) is 2.77. The Morgan fingerprint density at radius 1 is 1.32 bits per heavy atom. The highest BCUT2D eigenvalue weighted by atomic mass is 35.5. The Morgan fingerprint density at radius 3 is 2.82 bits per heavy atom. The predicted molar refractivity (Wildman–Crippen MR) is 99.5 cm³/mol. The first-order valence-electron chi connectivity index (χ1n) is 7.02. The molecule has 3 rings (SSSR count). The smallest absolute Gasteiger partial charge is 0.268 e. The van der Waals surface area contributed by atoms with E-state index in [1.165, 1.54) is 11.8 Å². The van der Waals surface area contributed by atoms with Gasteiger partial charge in [-0.2, -0.15) is 0 Å². The van der Waals surface area contributed by atoms with E-state index >= 15 is 0 Å². The molecule has 1 saturated heterocycles. The van der Waals surface area contributed by atoms with Crippen LogP contribution in [-0.4, -0.2) is 28.7 Å². The van der Waals surface area contributed by atoms with Gasteiger partial charge in [-0.3, -0.25) is 9.69 Å². The second kappa shape index (κ2) is 6.43. The van der Waals surface area contributed by atoms with Gasteiger partial charge in [0.05, 0.1) is 10.7 Å². The number of benzene rings is 1. The number of hydrogen-bond donors (Lipinski definition) is 0. The van der Waals surface area contributed by atoms with Gasteiger partial charge in [0.1, 0.15) is 9.23 Å².